The fourth-order valence-electron chi connectivity index (χ4n) is 2.07. The number of allylic oxidation sites excluding steroid dienone is 2. The third kappa shape index (κ3) is 6.15. The number of methoxy groups -OCH3 is 1. The second-order valence-electron chi connectivity index (χ2n) is 5.31. The molecule has 0 aromatic heterocycles. The zero-order valence-electron chi connectivity index (χ0n) is 13.2. The Morgan fingerprint density at radius 3 is 2.48 bits per heavy atom. The molecule has 0 radical (unpaired) electrons. The van der Waals surface area contributed by atoms with E-state index < -0.39 is 6.10 Å². The van der Waals surface area contributed by atoms with Crippen molar-refractivity contribution in [2.45, 2.75) is 26.6 Å². The van der Waals surface area contributed by atoms with E-state index in [0.717, 1.165) is 11.3 Å². The molecule has 3 nitrogen and oxygen atoms in total. The second kappa shape index (κ2) is 9.37. The van der Waals surface area contributed by atoms with Gasteiger partial charge in [-0.05, 0) is 17.7 Å². The van der Waals surface area contributed by atoms with E-state index in [4.69, 9.17) is 9.47 Å². The largest absolute Gasteiger partial charge is 0.497 e. The third-order valence-corrected chi connectivity index (χ3v) is 3.48. The number of benzene rings is 1. The van der Waals surface area contributed by atoms with Gasteiger partial charge in [-0.25, -0.2) is 0 Å². The predicted molar refractivity (Wildman–Crippen MR) is 86.3 cm³/mol. The maximum absolute atomic E-state index is 10.2. The summed E-state index contributed by atoms with van der Waals surface area (Å²) < 4.78 is 10.8. The van der Waals surface area contributed by atoms with Crippen LogP contribution in [0.2, 0.25) is 0 Å². The van der Waals surface area contributed by atoms with E-state index in [0.29, 0.717) is 13.2 Å². The summed E-state index contributed by atoms with van der Waals surface area (Å²) in [6.45, 7) is 8.68. The zero-order valence-corrected chi connectivity index (χ0v) is 13.2. The molecule has 0 aliphatic carbocycles. The molecule has 0 spiro atoms. The first-order valence-corrected chi connectivity index (χ1v) is 7.26. The van der Waals surface area contributed by atoms with Gasteiger partial charge in [-0.15, -0.1) is 0 Å². The molecule has 0 heterocycles. The molecule has 1 aromatic carbocycles. The van der Waals surface area contributed by atoms with Gasteiger partial charge in [0, 0.05) is 11.8 Å². The summed E-state index contributed by atoms with van der Waals surface area (Å²) in [5.41, 5.74) is 1.09. The molecular weight excluding hydrogens is 264 g/mol. The molecule has 1 N–H and O–H groups in total. The number of aliphatic hydroxyl groups excluding tert-OH is 1. The molecule has 0 aliphatic heterocycles. The van der Waals surface area contributed by atoms with Gasteiger partial charge >= 0.3 is 0 Å². The van der Waals surface area contributed by atoms with Gasteiger partial charge in [-0.1, -0.05) is 50.8 Å². The lowest BCUT2D eigenvalue weighted by atomic mass is 9.93. The molecule has 0 fully saturated rings. The molecule has 0 aliphatic rings. The van der Waals surface area contributed by atoms with Gasteiger partial charge in [-0.2, -0.15) is 0 Å². The first-order chi connectivity index (χ1) is 10.1. The number of rotatable bonds is 9. The topological polar surface area (TPSA) is 38.7 Å². The summed E-state index contributed by atoms with van der Waals surface area (Å²) in [6.07, 6.45) is 5.11. The van der Waals surface area contributed by atoms with E-state index in [1.165, 1.54) is 0 Å². The van der Waals surface area contributed by atoms with Crippen LogP contribution >= 0.6 is 0 Å². The molecule has 116 valence electrons. The van der Waals surface area contributed by atoms with Gasteiger partial charge in [0.25, 0.3) is 0 Å². The van der Waals surface area contributed by atoms with E-state index >= 15 is 0 Å². The summed E-state index contributed by atoms with van der Waals surface area (Å²) in [4.78, 5) is 0. The molecule has 1 rings (SSSR count). The Labute approximate surface area is 127 Å². The summed E-state index contributed by atoms with van der Waals surface area (Å²) in [5, 5.41) is 10.2. The lowest BCUT2D eigenvalue weighted by molar-refractivity contribution is 0.0133. The summed E-state index contributed by atoms with van der Waals surface area (Å²) in [5.74, 6) is 1.00. The first kappa shape index (κ1) is 17.5. The van der Waals surface area contributed by atoms with E-state index in [9.17, 15) is 5.11 Å². The number of aliphatic hydroxyl groups is 1. The molecule has 0 saturated heterocycles. The van der Waals surface area contributed by atoms with Crippen molar-refractivity contribution in [3.8, 4) is 5.75 Å². The van der Waals surface area contributed by atoms with Crippen LogP contribution in [-0.4, -0.2) is 24.9 Å². The zero-order chi connectivity index (χ0) is 15.7. The fraction of sp³-hybridized carbons (Fsp3) is 0.444. The van der Waals surface area contributed by atoms with Crippen LogP contribution in [0, 0.1) is 11.8 Å². The number of ether oxygens (including phenoxy) is 2. The Morgan fingerprint density at radius 1 is 1.24 bits per heavy atom. The standard InChI is InChI=1S/C18H26O3/c1-5-6-7-14(2)18(19)15(3)12-21-13-16-8-10-17(20-4)11-9-16/h5-11,14-15,18-19H,1,12-13H2,2-4H3/b7-6-/t14-,15-,18-/m0/s1. The molecule has 1 aromatic rings. The van der Waals surface area contributed by atoms with E-state index in [1.54, 1.807) is 13.2 Å². The second-order valence-corrected chi connectivity index (χ2v) is 5.31. The lowest BCUT2D eigenvalue weighted by Gasteiger charge is -2.22. The molecule has 3 heteroatoms. The van der Waals surface area contributed by atoms with Crippen molar-refractivity contribution >= 4 is 0 Å². The monoisotopic (exact) mass is 290 g/mol. The van der Waals surface area contributed by atoms with Crippen LogP contribution in [0.3, 0.4) is 0 Å². The van der Waals surface area contributed by atoms with Gasteiger partial charge < -0.3 is 14.6 Å². The van der Waals surface area contributed by atoms with E-state index in [-0.39, 0.29) is 11.8 Å². The highest BCUT2D eigenvalue weighted by Crippen LogP contribution is 2.16. The quantitative estimate of drug-likeness (QED) is 0.706. The van der Waals surface area contributed by atoms with Crippen molar-refractivity contribution in [1.29, 1.82) is 0 Å². The highest BCUT2D eigenvalue weighted by molar-refractivity contribution is 5.26. The molecular formula is C18H26O3. The molecule has 3 atom stereocenters. The minimum absolute atomic E-state index is 0.0766. The van der Waals surface area contributed by atoms with Gasteiger partial charge in [-0.3, -0.25) is 0 Å². The molecule has 0 unspecified atom stereocenters. The smallest absolute Gasteiger partial charge is 0.118 e. The first-order valence-electron chi connectivity index (χ1n) is 7.26. The van der Waals surface area contributed by atoms with E-state index in [1.807, 2.05) is 50.3 Å². The van der Waals surface area contributed by atoms with Crippen molar-refractivity contribution in [1.82, 2.24) is 0 Å². The predicted octanol–water partition coefficient (Wildman–Crippen LogP) is 3.59. The van der Waals surface area contributed by atoms with Crippen LogP contribution in [0.25, 0.3) is 0 Å². The van der Waals surface area contributed by atoms with Crippen molar-refractivity contribution in [3.05, 3.63) is 54.6 Å². The average molecular weight is 290 g/mol. The van der Waals surface area contributed by atoms with Crippen molar-refractivity contribution < 1.29 is 14.6 Å². The lowest BCUT2D eigenvalue weighted by Crippen LogP contribution is -2.27. The Bertz CT molecular complexity index is 436. The molecule has 0 saturated carbocycles. The summed E-state index contributed by atoms with van der Waals surface area (Å²) >= 11 is 0. The molecule has 0 amide bonds. The summed E-state index contributed by atoms with van der Waals surface area (Å²) in [7, 11) is 1.65. The maximum Gasteiger partial charge on any atom is 0.118 e. The van der Waals surface area contributed by atoms with Crippen molar-refractivity contribution in [2.24, 2.45) is 11.8 Å². The number of hydrogen-bond donors (Lipinski definition) is 1. The average Bonchev–Trinajstić information content (AvgIpc) is 2.52. The minimum atomic E-state index is -0.419. The van der Waals surface area contributed by atoms with Gasteiger partial charge in [0.1, 0.15) is 5.75 Å². The van der Waals surface area contributed by atoms with Crippen molar-refractivity contribution in [2.75, 3.05) is 13.7 Å². The Hall–Kier alpha value is -1.58. The highest BCUT2D eigenvalue weighted by Gasteiger charge is 2.19. The van der Waals surface area contributed by atoms with Crippen LogP contribution in [0.15, 0.2) is 49.1 Å². The fourth-order valence-corrected chi connectivity index (χ4v) is 2.07. The van der Waals surface area contributed by atoms with Crippen LogP contribution in [0.5, 0.6) is 5.75 Å². The molecule has 21 heavy (non-hydrogen) atoms. The third-order valence-electron chi connectivity index (χ3n) is 3.48. The van der Waals surface area contributed by atoms with Crippen LogP contribution in [0.4, 0.5) is 0 Å². The Balaban J connectivity index is 2.36. The maximum atomic E-state index is 10.2. The van der Waals surface area contributed by atoms with Crippen LogP contribution < -0.4 is 4.74 Å². The van der Waals surface area contributed by atoms with Gasteiger partial charge in [0.15, 0.2) is 0 Å². The highest BCUT2D eigenvalue weighted by atomic mass is 16.5. The van der Waals surface area contributed by atoms with Gasteiger partial charge in [0.2, 0.25) is 0 Å². The Kier molecular flexibility index (Phi) is 7.80. The normalized spacial score (nSPS) is 15.6. The SMILES string of the molecule is C=C/C=C\[C@H](C)[C@H](O)[C@@H](C)COCc1ccc(OC)cc1. The van der Waals surface area contributed by atoms with Crippen LogP contribution in [-0.2, 0) is 11.3 Å². The van der Waals surface area contributed by atoms with E-state index in [2.05, 4.69) is 6.58 Å². The Morgan fingerprint density at radius 2 is 1.90 bits per heavy atom. The number of hydrogen-bond acceptors (Lipinski definition) is 3. The van der Waals surface area contributed by atoms with Crippen molar-refractivity contribution in [3.63, 3.8) is 0 Å². The van der Waals surface area contributed by atoms with Gasteiger partial charge in [0.05, 0.1) is 26.4 Å². The molecule has 0 bridgehead atoms. The van der Waals surface area contributed by atoms with Crippen LogP contribution in [0.1, 0.15) is 19.4 Å². The minimum Gasteiger partial charge on any atom is -0.497 e. The summed E-state index contributed by atoms with van der Waals surface area (Å²) in [6, 6.07) is 7.79.